The number of hydrogen-bond acceptors (Lipinski definition) is 7. The number of nitrogens with zero attached hydrogens (tertiary/aromatic N) is 2. The first kappa shape index (κ1) is 23.3. The number of carbonyl (C=O) groups is 2. The number of aromatic amines is 1. The number of ketones is 1. The highest BCUT2D eigenvalue weighted by Crippen LogP contribution is 2.40. The van der Waals surface area contributed by atoms with Crippen LogP contribution in [0.1, 0.15) is 26.8 Å². The molecule has 3 heterocycles. The number of non-ortho nitro benzene ring substituents is 1. The van der Waals surface area contributed by atoms with Crippen LogP contribution in [0.3, 0.4) is 0 Å². The molecule has 2 aromatic carbocycles. The van der Waals surface area contributed by atoms with Crippen molar-refractivity contribution < 1.29 is 24.4 Å². The number of nitro benzene ring substituents is 1. The molecule has 0 radical (unpaired) electrons. The van der Waals surface area contributed by atoms with Crippen LogP contribution in [0.15, 0.2) is 77.5 Å². The molecule has 1 amide bonds. The summed E-state index contributed by atoms with van der Waals surface area (Å²) in [5.41, 5.74) is 1.96. The molecule has 9 nitrogen and oxygen atoms in total. The monoisotopic (exact) mass is 503 g/mol. The van der Waals surface area contributed by atoms with Crippen LogP contribution in [0.4, 0.5) is 5.69 Å². The van der Waals surface area contributed by atoms with Crippen molar-refractivity contribution in [3.63, 3.8) is 0 Å². The Kier molecular flexibility index (Phi) is 6.03. The second-order valence-corrected chi connectivity index (χ2v) is 9.25. The topological polar surface area (TPSA) is 126 Å². The van der Waals surface area contributed by atoms with Crippen molar-refractivity contribution in [2.75, 3.05) is 13.7 Å². The summed E-state index contributed by atoms with van der Waals surface area (Å²) in [6, 6.07) is 13.8. The van der Waals surface area contributed by atoms with Gasteiger partial charge in [0, 0.05) is 35.8 Å². The number of ether oxygens (including phenoxy) is 1. The lowest BCUT2D eigenvalue weighted by Gasteiger charge is -2.26. The van der Waals surface area contributed by atoms with Gasteiger partial charge in [0.25, 0.3) is 11.6 Å². The highest BCUT2D eigenvalue weighted by molar-refractivity contribution is 7.12. The van der Waals surface area contributed by atoms with Gasteiger partial charge in [-0.3, -0.25) is 19.7 Å². The molecule has 4 aromatic rings. The van der Waals surface area contributed by atoms with E-state index in [1.165, 1.54) is 34.4 Å². The van der Waals surface area contributed by atoms with Gasteiger partial charge in [-0.05, 0) is 47.2 Å². The third-order valence-electron chi connectivity index (χ3n) is 6.29. The van der Waals surface area contributed by atoms with Gasteiger partial charge >= 0.3 is 0 Å². The molecule has 5 rings (SSSR count). The van der Waals surface area contributed by atoms with Crippen molar-refractivity contribution in [2.24, 2.45) is 0 Å². The molecular formula is C26H21N3O6S. The minimum atomic E-state index is -0.966. The highest BCUT2D eigenvalue weighted by Gasteiger charge is 2.44. The van der Waals surface area contributed by atoms with Crippen LogP contribution in [0.25, 0.3) is 10.9 Å². The summed E-state index contributed by atoms with van der Waals surface area (Å²) in [4.78, 5) is 42.4. The van der Waals surface area contributed by atoms with Crippen LogP contribution in [0.5, 0.6) is 5.75 Å². The lowest BCUT2D eigenvalue weighted by molar-refractivity contribution is -0.384. The molecule has 10 heteroatoms. The van der Waals surface area contributed by atoms with Crippen LogP contribution in [0, 0.1) is 10.1 Å². The van der Waals surface area contributed by atoms with Crippen LogP contribution < -0.4 is 4.74 Å². The first-order valence-corrected chi connectivity index (χ1v) is 12.0. The molecule has 0 fully saturated rings. The number of carbonyl (C=O) groups excluding carboxylic acids is 2. The fourth-order valence-electron chi connectivity index (χ4n) is 4.54. The lowest BCUT2D eigenvalue weighted by Crippen LogP contribution is -2.33. The Morgan fingerprint density at radius 2 is 2.06 bits per heavy atom. The van der Waals surface area contributed by atoms with E-state index in [1.807, 2.05) is 24.4 Å². The molecule has 2 aromatic heterocycles. The predicted octanol–water partition coefficient (Wildman–Crippen LogP) is 4.97. The molecule has 36 heavy (non-hydrogen) atoms. The summed E-state index contributed by atoms with van der Waals surface area (Å²) < 4.78 is 5.33. The Morgan fingerprint density at radius 1 is 1.22 bits per heavy atom. The molecular weight excluding hydrogens is 482 g/mol. The van der Waals surface area contributed by atoms with Crippen molar-refractivity contribution in [3.05, 3.63) is 104 Å². The SMILES string of the molecule is COc1ccc2[nH]cc(CCN3C(=O)C(O)=C(C(=O)c4cccs4)[C@H]3c3cccc([N+](=O)[O-])c3)c2c1. The summed E-state index contributed by atoms with van der Waals surface area (Å²) >= 11 is 1.20. The predicted molar refractivity (Wildman–Crippen MR) is 134 cm³/mol. The Bertz CT molecular complexity index is 1520. The van der Waals surface area contributed by atoms with Crippen LogP contribution in [0.2, 0.25) is 0 Å². The van der Waals surface area contributed by atoms with Crippen molar-refractivity contribution in [3.8, 4) is 5.75 Å². The molecule has 1 aliphatic heterocycles. The number of H-pyrrole nitrogens is 1. The van der Waals surface area contributed by atoms with E-state index in [-0.39, 0.29) is 17.8 Å². The number of aromatic nitrogens is 1. The molecule has 2 N–H and O–H groups in total. The quantitative estimate of drug-likeness (QED) is 0.199. The lowest BCUT2D eigenvalue weighted by atomic mass is 9.95. The molecule has 182 valence electrons. The Hall–Kier alpha value is -4.44. The fourth-order valence-corrected chi connectivity index (χ4v) is 5.22. The smallest absolute Gasteiger partial charge is 0.290 e. The number of benzene rings is 2. The van der Waals surface area contributed by atoms with Gasteiger partial charge in [-0.25, -0.2) is 0 Å². The van der Waals surface area contributed by atoms with Gasteiger partial charge in [0.2, 0.25) is 5.78 Å². The van der Waals surface area contributed by atoms with E-state index in [0.29, 0.717) is 22.6 Å². The minimum absolute atomic E-state index is 0.0801. The largest absolute Gasteiger partial charge is 0.503 e. The average molecular weight is 504 g/mol. The first-order chi connectivity index (χ1) is 17.4. The van der Waals surface area contributed by atoms with Crippen molar-refractivity contribution in [1.29, 1.82) is 0 Å². The zero-order valence-electron chi connectivity index (χ0n) is 19.1. The minimum Gasteiger partial charge on any atom is -0.503 e. The number of hydrogen-bond donors (Lipinski definition) is 2. The van der Waals surface area contributed by atoms with Gasteiger partial charge in [-0.2, -0.15) is 0 Å². The summed E-state index contributed by atoms with van der Waals surface area (Å²) in [6.07, 6.45) is 2.26. The van der Waals surface area contributed by atoms with E-state index in [1.54, 1.807) is 30.7 Å². The van der Waals surface area contributed by atoms with Gasteiger partial charge < -0.3 is 19.7 Å². The summed E-state index contributed by atoms with van der Waals surface area (Å²) in [6.45, 7) is 0.168. The Labute approximate surface area is 209 Å². The van der Waals surface area contributed by atoms with Gasteiger partial charge in [-0.1, -0.05) is 18.2 Å². The van der Waals surface area contributed by atoms with E-state index in [2.05, 4.69) is 4.98 Å². The zero-order valence-corrected chi connectivity index (χ0v) is 20.0. The number of aliphatic hydroxyl groups is 1. The maximum atomic E-state index is 13.4. The highest BCUT2D eigenvalue weighted by atomic mass is 32.1. The van der Waals surface area contributed by atoms with Crippen LogP contribution >= 0.6 is 11.3 Å². The number of nitro groups is 1. The number of rotatable bonds is 8. The Balaban J connectivity index is 1.53. The Morgan fingerprint density at radius 3 is 2.78 bits per heavy atom. The average Bonchev–Trinajstić information content (AvgIpc) is 3.62. The number of fused-ring (bicyclic) bond motifs is 1. The molecule has 0 spiro atoms. The van der Waals surface area contributed by atoms with E-state index >= 15 is 0 Å². The molecule has 0 bridgehead atoms. The molecule has 0 saturated carbocycles. The van der Waals surface area contributed by atoms with E-state index < -0.39 is 28.4 Å². The number of aliphatic hydroxyl groups excluding tert-OH is 1. The van der Waals surface area contributed by atoms with Crippen molar-refractivity contribution in [2.45, 2.75) is 12.5 Å². The first-order valence-electron chi connectivity index (χ1n) is 11.1. The molecule has 1 atom stereocenters. The third kappa shape index (κ3) is 4.01. The van der Waals surface area contributed by atoms with Crippen LogP contribution in [-0.2, 0) is 11.2 Å². The van der Waals surface area contributed by atoms with Gasteiger partial charge in [0.15, 0.2) is 5.76 Å². The van der Waals surface area contributed by atoms with Gasteiger partial charge in [0.1, 0.15) is 5.75 Å². The van der Waals surface area contributed by atoms with Gasteiger partial charge in [-0.15, -0.1) is 11.3 Å². The molecule has 1 aliphatic rings. The molecule has 0 aliphatic carbocycles. The number of Topliss-reactive ketones (excluding diaryl/α,β-unsaturated/α-hetero) is 1. The number of nitrogens with one attached hydrogen (secondary N) is 1. The summed E-state index contributed by atoms with van der Waals surface area (Å²) in [7, 11) is 1.58. The van der Waals surface area contributed by atoms with E-state index in [4.69, 9.17) is 4.74 Å². The van der Waals surface area contributed by atoms with Gasteiger partial charge in [0.05, 0.1) is 28.5 Å². The second kappa shape index (κ2) is 9.31. The molecule has 0 unspecified atom stereocenters. The van der Waals surface area contributed by atoms with Crippen LogP contribution in [-0.4, -0.2) is 45.3 Å². The maximum Gasteiger partial charge on any atom is 0.290 e. The van der Waals surface area contributed by atoms with E-state index in [0.717, 1.165) is 16.5 Å². The van der Waals surface area contributed by atoms with E-state index in [9.17, 15) is 24.8 Å². The normalized spacial score (nSPS) is 15.6. The zero-order chi connectivity index (χ0) is 25.4. The summed E-state index contributed by atoms with van der Waals surface area (Å²) in [5, 5.41) is 24.9. The molecule has 0 saturated heterocycles. The number of amides is 1. The van der Waals surface area contributed by atoms with Crippen molar-refractivity contribution in [1.82, 2.24) is 9.88 Å². The van der Waals surface area contributed by atoms with Crippen molar-refractivity contribution >= 4 is 39.6 Å². The second-order valence-electron chi connectivity index (χ2n) is 8.30. The fraction of sp³-hybridized carbons (Fsp3) is 0.154. The third-order valence-corrected chi connectivity index (χ3v) is 7.16. The number of methoxy groups -OCH3 is 1. The number of thiophene rings is 1. The standard InChI is InChI=1S/C26H21N3O6S/c1-35-18-7-8-20-19(13-18)16(14-27-20)9-10-28-23(15-4-2-5-17(12-15)29(33)34)22(25(31)26(28)32)24(30)21-6-3-11-36-21/h2-8,11-14,23,27,31H,9-10H2,1H3/t23-/m1/s1. The summed E-state index contributed by atoms with van der Waals surface area (Å²) in [5.74, 6) is -1.11. The maximum absolute atomic E-state index is 13.4.